The van der Waals surface area contributed by atoms with Crippen LogP contribution in [0.2, 0.25) is 0 Å². The van der Waals surface area contributed by atoms with E-state index in [0.29, 0.717) is 46.7 Å². The first-order valence-electron chi connectivity index (χ1n) is 13.2. The number of aromatic amines is 1. The van der Waals surface area contributed by atoms with Crippen LogP contribution in [0.3, 0.4) is 0 Å². The van der Waals surface area contributed by atoms with Gasteiger partial charge in [0.1, 0.15) is 5.82 Å². The standard InChI is InChI=1S/C30H27FN8O3/c1-30(28(40)36-22-5-3-12-33-16-22)17-41-27(42-18-30)26-38-24(20-6-8-21(31)9-7-20)25(39-26)23-10-13-34-29(37-23)35-15-19-4-2-11-32-14-19/h2-14,16,27H,15,17-18H2,1H3,(H,36,40)(H,38,39)(H,34,35,37). The molecule has 42 heavy (non-hydrogen) atoms. The molecule has 1 aliphatic heterocycles. The monoisotopic (exact) mass is 566 g/mol. The zero-order valence-corrected chi connectivity index (χ0v) is 22.6. The van der Waals surface area contributed by atoms with Crippen molar-refractivity contribution in [2.45, 2.75) is 19.8 Å². The second kappa shape index (κ2) is 11.8. The van der Waals surface area contributed by atoms with Gasteiger partial charge in [-0.1, -0.05) is 6.07 Å². The fourth-order valence-corrected chi connectivity index (χ4v) is 4.39. The molecule has 0 unspecified atom stereocenters. The van der Waals surface area contributed by atoms with Crippen LogP contribution in [-0.2, 0) is 20.8 Å². The van der Waals surface area contributed by atoms with Gasteiger partial charge in [-0.25, -0.2) is 19.3 Å². The highest BCUT2D eigenvalue weighted by atomic mass is 19.1. The van der Waals surface area contributed by atoms with Gasteiger partial charge < -0.3 is 25.1 Å². The number of imidazole rings is 1. The number of aromatic nitrogens is 6. The molecule has 1 amide bonds. The summed E-state index contributed by atoms with van der Waals surface area (Å²) in [4.78, 5) is 38.2. The van der Waals surface area contributed by atoms with Crippen LogP contribution in [-0.4, -0.2) is 49.0 Å². The van der Waals surface area contributed by atoms with Crippen molar-refractivity contribution in [2.24, 2.45) is 5.41 Å². The number of nitrogens with one attached hydrogen (secondary N) is 3. The number of anilines is 2. The van der Waals surface area contributed by atoms with Gasteiger partial charge in [0, 0.05) is 36.9 Å². The second-order valence-electron chi connectivity index (χ2n) is 10.0. The molecule has 12 heteroatoms. The maximum atomic E-state index is 13.7. The summed E-state index contributed by atoms with van der Waals surface area (Å²) in [6, 6.07) is 15.1. The number of nitrogens with zero attached hydrogens (tertiary/aromatic N) is 5. The lowest BCUT2D eigenvalue weighted by Gasteiger charge is -2.35. The summed E-state index contributed by atoms with van der Waals surface area (Å²) < 4.78 is 25.7. The van der Waals surface area contributed by atoms with Gasteiger partial charge in [-0.3, -0.25) is 14.8 Å². The van der Waals surface area contributed by atoms with Gasteiger partial charge in [0.05, 0.1) is 47.6 Å². The van der Waals surface area contributed by atoms with Crippen molar-refractivity contribution >= 4 is 17.5 Å². The molecule has 0 atom stereocenters. The van der Waals surface area contributed by atoms with Crippen molar-refractivity contribution in [3.05, 3.63) is 103 Å². The molecular weight excluding hydrogens is 539 g/mol. The van der Waals surface area contributed by atoms with Crippen LogP contribution in [0, 0.1) is 11.2 Å². The van der Waals surface area contributed by atoms with E-state index in [1.165, 1.54) is 12.1 Å². The third kappa shape index (κ3) is 5.99. The predicted molar refractivity (Wildman–Crippen MR) is 152 cm³/mol. The number of carbonyl (C=O) groups is 1. The van der Waals surface area contributed by atoms with Crippen LogP contribution in [0.5, 0.6) is 0 Å². The molecule has 6 rings (SSSR count). The van der Waals surface area contributed by atoms with E-state index in [1.807, 2.05) is 12.1 Å². The highest BCUT2D eigenvalue weighted by Crippen LogP contribution is 2.36. The van der Waals surface area contributed by atoms with Crippen molar-refractivity contribution in [2.75, 3.05) is 23.8 Å². The van der Waals surface area contributed by atoms with E-state index in [4.69, 9.17) is 14.5 Å². The summed E-state index contributed by atoms with van der Waals surface area (Å²) >= 11 is 0. The lowest BCUT2D eigenvalue weighted by Crippen LogP contribution is -2.45. The summed E-state index contributed by atoms with van der Waals surface area (Å²) in [6.45, 7) is 2.46. The third-order valence-electron chi connectivity index (χ3n) is 6.72. The minimum absolute atomic E-state index is 0.0988. The van der Waals surface area contributed by atoms with E-state index < -0.39 is 11.7 Å². The molecule has 5 aromatic rings. The maximum absolute atomic E-state index is 13.7. The van der Waals surface area contributed by atoms with Gasteiger partial charge in [-0.2, -0.15) is 0 Å². The van der Waals surface area contributed by atoms with E-state index in [9.17, 15) is 9.18 Å². The number of hydrogen-bond acceptors (Lipinski definition) is 9. The summed E-state index contributed by atoms with van der Waals surface area (Å²) in [5.41, 5.74) is 3.00. The first-order chi connectivity index (χ1) is 20.5. The van der Waals surface area contributed by atoms with Crippen LogP contribution >= 0.6 is 0 Å². The Morgan fingerprint density at radius 1 is 1.00 bits per heavy atom. The minimum Gasteiger partial charge on any atom is -0.350 e. The number of amides is 1. The van der Waals surface area contributed by atoms with Crippen molar-refractivity contribution in [1.82, 2.24) is 29.9 Å². The maximum Gasteiger partial charge on any atom is 0.235 e. The Labute approximate surface area is 240 Å². The predicted octanol–water partition coefficient (Wildman–Crippen LogP) is 4.77. The highest BCUT2D eigenvalue weighted by molar-refractivity contribution is 5.95. The topological polar surface area (TPSA) is 140 Å². The summed E-state index contributed by atoms with van der Waals surface area (Å²) in [7, 11) is 0. The van der Waals surface area contributed by atoms with Crippen molar-refractivity contribution < 1.29 is 18.7 Å². The van der Waals surface area contributed by atoms with Gasteiger partial charge >= 0.3 is 0 Å². The quantitative estimate of drug-likeness (QED) is 0.242. The number of hydrogen-bond donors (Lipinski definition) is 3. The van der Waals surface area contributed by atoms with Gasteiger partial charge in [0.2, 0.25) is 18.1 Å². The van der Waals surface area contributed by atoms with Gasteiger partial charge in [0.15, 0.2) is 5.82 Å². The zero-order chi connectivity index (χ0) is 28.9. The molecule has 0 saturated carbocycles. The lowest BCUT2D eigenvalue weighted by molar-refractivity contribution is -0.229. The smallest absolute Gasteiger partial charge is 0.235 e. The Balaban J connectivity index is 1.24. The average Bonchev–Trinajstić information content (AvgIpc) is 3.47. The second-order valence-corrected chi connectivity index (χ2v) is 10.0. The third-order valence-corrected chi connectivity index (χ3v) is 6.72. The average molecular weight is 567 g/mol. The summed E-state index contributed by atoms with van der Waals surface area (Å²) in [5, 5.41) is 6.06. The number of carbonyl (C=O) groups excluding carboxylic acids is 1. The normalized spacial score (nSPS) is 18.4. The zero-order valence-electron chi connectivity index (χ0n) is 22.6. The van der Waals surface area contributed by atoms with Gasteiger partial charge in [-0.05, 0) is 61.0 Å². The summed E-state index contributed by atoms with van der Waals surface area (Å²) in [6.07, 6.45) is 7.47. The van der Waals surface area contributed by atoms with E-state index in [2.05, 4.69) is 35.6 Å². The first kappa shape index (κ1) is 27.1. The molecule has 1 aromatic carbocycles. The lowest BCUT2D eigenvalue weighted by atomic mass is 9.91. The Kier molecular flexibility index (Phi) is 7.62. The van der Waals surface area contributed by atoms with Crippen LogP contribution in [0.4, 0.5) is 16.0 Å². The fraction of sp³-hybridized carbons (Fsp3) is 0.200. The molecule has 0 aliphatic carbocycles. The molecule has 0 radical (unpaired) electrons. The SMILES string of the molecule is CC1(C(=O)Nc2cccnc2)COC(c2nc(-c3ccc(F)cc3)c(-c3ccnc(NCc4cccnc4)n3)[nH]2)OC1. The number of H-pyrrole nitrogens is 1. The molecule has 1 aliphatic rings. The van der Waals surface area contributed by atoms with Crippen molar-refractivity contribution in [3.8, 4) is 22.6 Å². The Hall–Kier alpha value is -5.07. The Morgan fingerprint density at radius 3 is 2.48 bits per heavy atom. The molecule has 0 spiro atoms. The molecule has 212 valence electrons. The number of pyridine rings is 2. The van der Waals surface area contributed by atoms with E-state index in [0.717, 1.165) is 5.56 Å². The molecular formula is C30H27FN8O3. The minimum atomic E-state index is -0.928. The number of halogens is 1. The van der Waals surface area contributed by atoms with Gasteiger partial charge in [-0.15, -0.1) is 0 Å². The van der Waals surface area contributed by atoms with E-state index in [-0.39, 0.29) is 24.9 Å². The number of benzene rings is 1. The molecule has 1 saturated heterocycles. The molecule has 11 nitrogen and oxygen atoms in total. The summed E-state index contributed by atoms with van der Waals surface area (Å²) in [5.74, 6) is 0.205. The fourth-order valence-electron chi connectivity index (χ4n) is 4.39. The van der Waals surface area contributed by atoms with Crippen LogP contribution in [0.1, 0.15) is 24.6 Å². The van der Waals surface area contributed by atoms with E-state index >= 15 is 0 Å². The van der Waals surface area contributed by atoms with Crippen LogP contribution in [0.15, 0.2) is 85.6 Å². The van der Waals surface area contributed by atoms with E-state index in [1.54, 1.807) is 68.2 Å². The molecule has 1 fully saturated rings. The highest BCUT2D eigenvalue weighted by Gasteiger charge is 2.41. The van der Waals surface area contributed by atoms with Crippen molar-refractivity contribution in [3.63, 3.8) is 0 Å². The number of rotatable bonds is 8. The molecule has 3 N–H and O–H groups in total. The van der Waals surface area contributed by atoms with Crippen LogP contribution < -0.4 is 10.6 Å². The molecule has 0 bridgehead atoms. The van der Waals surface area contributed by atoms with Crippen LogP contribution in [0.25, 0.3) is 22.6 Å². The molecule has 4 aromatic heterocycles. The Morgan fingerprint density at radius 2 is 1.76 bits per heavy atom. The first-order valence-corrected chi connectivity index (χ1v) is 13.2. The Bertz CT molecular complexity index is 1660. The van der Waals surface area contributed by atoms with Crippen molar-refractivity contribution in [1.29, 1.82) is 0 Å². The molecule has 5 heterocycles. The van der Waals surface area contributed by atoms with Gasteiger partial charge in [0.25, 0.3) is 0 Å². The number of ether oxygens (including phenoxy) is 2. The largest absolute Gasteiger partial charge is 0.350 e.